The molecule has 17 heavy (non-hydrogen) atoms. The molecule has 1 aromatic carbocycles. The van der Waals surface area contributed by atoms with Gasteiger partial charge in [0.1, 0.15) is 0 Å². The zero-order chi connectivity index (χ0) is 12.1. The van der Waals surface area contributed by atoms with E-state index in [9.17, 15) is 5.11 Å². The smallest absolute Gasteiger partial charge is 0.0928 e. The lowest BCUT2D eigenvalue weighted by molar-refractivity contribution is 0.174. The molecule has 0 spiro atoms. The summed E-state index contributed by atoms with van der Waals surface area (Å²) < 4.78 is 0. The van der Waals surface area contributed by atoms with E-state index < -0.39 is 6.10 Å². The average molecular weight is 252 g/mol. The van der Waals surface area contributed by atoms with E-state index >= 15 is 0 Å². The molecule has 0 fully saturated rings. The second-order valence-electron chi connectivity index (χ2n) is 3.75. The standard InChI is InChI=1S/C12H14ClN3O/c13-11-4-2-1-3-10(11)12(17)8-14-7-9-5-6-15-16-9/h1-6,12,14,17H,7-8H2,(H,15,16). The zero-order valence-corrected chi connectivity index (χ0v) is 9.98. The van der Waals surface area contributed by atoms with Crippen molar-refractivity contribution in [1.82, 2.24) is 15.5 Å². The van der Waals surface area contributed by atoms with Gasteiger partial charge in [-0.1, -0.05) is 29.8 Å². The molecule has 1 aromatic heterocycles. The number of H-pyrrole nitrogens is 1. The maximum Gasteiger partial charge on any atom is 0.0928 e. The van der Waals surface area contributed by atoms with Gasteiger partial charge in [0.05, 0.1) is 6.10 Å². The Labute approximate surface area is 105 Å². The van der Waals surface area contributed by atoms with Crippen LogP contribution in [0.25, 0.3) is 0 Å². The first-order chi connectivity index (χ1) is 8.27. The average Bonchev–Trinajstić information content (AvgIpc) is 2.82. The van der Waals surface area contributed by atoms with Crippen molar-refractivity contribution in [1.29, 1.82) is 0 Å². The molecule has 0 aliphatic heterocycles. The summed E-state index contributed by atoms with van der Waals surface area (Å²) in [7, 11) is 0. The molecule has 2 aromatic rings. The molecule has 0 radical (unpaired) electrons. The first kappa shape index (κ1) is 12.1. The van der Waals surface area contributed by atoms with E-state index in [1.807, 2.05) is 24.3 Å². The van der Waals surface area contributed by atoms with Crippen LogP contribution in [0.1, 0.15) is 17.4 Å². The quantitative estimate of drug-likeness (QED) is 0.761. The summed E-state index contributed by atoms with van der Waals surface area (Å²) in [6.45, 7) is 1.09. The normalized spacial score (nSPS) is 12.6. The predicted molar refractivity (Wildman–Crippen MR) is 66.7 cm³/mol. The monoisotopic (exact) mass is 251 g/mol. The fourth-order valence-electron chi connectivity index (χ4n) is 1.58. The number of benzene rings is 1. The third kappa shape index (κ3) is 3.30. The van der Waals surface area contributed by atoms with Gasteiger partial charge in [-0.3, -0.25) is 5.10 Å². The molecule has 3 N–H and O–H groups in total. The van der Waals surface area contributed by atoms with Crippen LogP contribution in [0.5, 0.6) is 0 Å². The number of halogens is 1. The summed E-state index contributed by atoms with van der Waals surface area (Å²) in [6, 6.07) is 9.19. The lowest BCUT2D eigenvalue weighted by Gasteiger charge is -2.13. The lowest BCUT2D eigenvalue weighted by atomic mass is 10.1. The van der Waals surface area contributed by atoms with Crippen molar-refractivity contribution in [3.05, 3.63) is 52.8 Å². The maximum atomic E-state index is 9.96. The number of nitrogens with one attached hydrogen (secondary N) is 2. The van der Waals surface area contributed by atoms with Gasteiger partial charge in [0.25, 0.3) is 0 Å². The Hall–Kier alpha value is -1.36. The van der Waals surface area contributed by atoms with E-state index in [1.165, 1.54) is 0 Å². The second kappa shape index (κ2) is 5.82. The first-order valence-electron chi connectivity index (χ1n) is 5.39. The van der Waals surface area contributed by atoms with E-state index in [1.54, 1.807) is 12.3 Å². The summed E-state index contributed by atoms with van der Waals surface area (Å²) in [5.41, 5.74) is 1.72. The molecule has 5 heteroatoms. The van der Waals surface area contributed by atoms with Crippen LogP contribution in [-0.4, -0.2) is 21.8 Å². The number of aromatic amines is 1. The molecule has 0 bridgehead atoms. The van der Waals surface area contributed by atoms with Gasteiger partial charge < -0.3 is 10.4 Å². The number of hydrogen-bond acceptors (Lipinski definition) is 3. The van der Waals surface area contributed by atoms with Crippen LogP contribution < -0.4 is 5.32 Å². The van der Waals surface area contributed by atoms with Crippen molar-refractivity contribution in [3.63, 3.8) is 0 Å². The third-order valence-corrected chi connectivity index (χ3v) is 2.82. The van der Waals surface area contributed by atoms with Crippen molar-refractivity contribution < 1.29 is 5.11 Å². The van der Waals surface area contributed by atoms with E-state index in [4.69, 9.17) is 11.6 Å². The summed E-state index contributed by atoms with van der Waals surface area (Å²) in [5, 5.41) is 20.4. The van der Waals surface area contributed by atoms with Crippen LogP contribution in [-0.2, 0) is 6.54 Å². The van der Waals surface area contributed by atoms with Crippen molar-refractivity contribution >= 4 is 11.6 Å². The van der Waals surface area contributed by atoms with Gasteiger partial charge in [-0.15, -0.1) is 0 Å². The molecule has 2 rings (SSSR count). The maximum absolute atomic E-state index is 9.96. The van der Waals surface area contributed by atoms with Crippen molar-refractivity contribution in [2.45, 2.75) is 12.6 Å². The Balaban J connectivity index is 1.85. The Morgan fingerprint density at radius 3 is 2.88 bits per heavy atom. The van der Waals surface area contributed by atoms with Gasteiger partial charge in [0.15, 0.2) is 0 Å². The number of aliphatic hydroxyl groups excluding tert-OH is 1. The Morgan fingerprint density at radius 2 is 2.18 bits per heavy atom. The molecule has 0 saturated carbocycles. The fourth-order valence-corrected chi connectivity index (χ4v) is 1.84. The van der Waals surface area contributed by atoms with Crippen LogP contribution in [0.4, 0.5) is 0 Å². The summed E-state index contributed by atoms with van der Waals surface area (Å²) in [5.74, 6) is 0. The molecular formula is C12H14ClN3O. The molecule has 0 amide bonds. The van der Waals surface area contributed by atoms with Gasteiger partial charge >= 0.3 is 0 Å². The van der Waals surface area contributed by atoms with Crippen LogP contribution in [0.3, 0.4) is 0 Å². The van der Waals surface area contributed by atoms with Gasteiger partial charge in [0.2, 0.25) is 0 Å². The topological polar surface area (TPSA) is 60.9 Å². The summed E-state index contributed by atoms with van der Waals surface area (Å²) in [4.78, 5) is 0. The number of aliphatic hydroxyl groups is 1. The Kier molecular flexibility index (Phi) is 4.14. The van der Waals surface area contributed by atoms with Gasteiger partial charge in [-0.05, 0) is 12.1 Å². The molecule has 0 aliphatic rings. The highest BCUT2D eigenvalue weighted by atomic mass is 35.5. The zero-order valence-electron chi connectivity index (χ0n) is 9.23. The fraction of sp³-hybridized carbons (Fsp3) is 0.250. The minimum atomic E-state index is -0.605. The molecule has 1 atom stereocenters. The highest BCUT2D eigenvalue weighted by molar-refractivity contribution is 6.31. The largest absolute Gasteiger partial charge is 0.387 e. The van der Waals surface area contributed by atoms with E-state index in [0.717, 1.165) is 11.3 Å². The summed E-state index contributed by atoms with van der Waals surface area (Å²) in [6.07, 6.45) is 1.09. The van der Waals surface area contributed by atoms with Crippen molar-refractivity contribution in [3.8, 4) is 0 Å². The SMILES string of the molecule is OC(CNCc1ccn[nH]1)c1ccccc1Cl. The van der Waals surface area contributed by atoms with Crippen molar-refractivity contribution in [2.75, 3.05) is 6.54 Å². The highest BCUT2D eigenvalue weighted by Gasteiger charge is 2.10. The first-order valence-corrected chi connectivity index (χ1v) is 5.76. The van der Waals surface area contributed by atoms with Crippen LogP contribution in [0.15, 0.2) is 36.5 Å². The number of rotatable bonds is 5. The van der Waals surface area contributed by atoms with Crippen molar-refractivity contribution in [2.24, 2.45) is 0 Å². The molecule has 0 aliphatic carbocycles. The molecule has 1 unspecified atom stereocenters. The molecule has 0 saturated heterocycles. The number of aromatic nitrogens is 2. The minimum absolute atomic E-state index is 0.447. The molecule has 4 nitrogen and oxygen atoms in total. The minimum Gasteiger partial charge on any atom is -0.387 e. The lowest BCUT2D eigenvalue weighted by Crippen LogP contribution is -2.21. The van der Waals surface area contributed by atoms with Gasteiger partial charge in [-0.2, -0.15) is 5.10 Å². The molecular weight excluding hydrogens is 238 g/mol. The van der Waals surface area contributed by atoms with E-state index in [0.29, 0.717) is 18.1 Å². The van der Waals surface area contributed by atoms with Gasteiger partial charge in [-0.25, -0.2) is 0 Å². The Bertz CT molecular complexity index is 459. The molecule has 90 valence electrons. The van der Waals surface area contributed by atoms with Crippen LogP contribution >= 0.6 is 11.6 Å². The van der Waals surface area contributed by atoms with Gasteiger partial charge in [0, 0.05) is 35.6 Å². The van der Waals surface area contributed by atoms with Crippen LogP contribution in [0, 0.1) is 0 Å². The number of nitrogens with zero attached hydrogens (tertiary/aromatic N) is 1. The summed E-state index contributed by atoms with van der Waals surface area (Å²) >= 11 is 5.99. The predicted octanol–water partition coefficient (Wildman–Crippen LogP) is 1.89. The van der Waals surface area contributed by atoms with Crippen LogP contribution in [0.2, 0.25) is 5.02 Å². The van der Waals surface area contributed by atoms with E-state index in [2.05, 4.69) is 15.5 Å². The highest BCUT2D eigenvalue weighted by Crippen LogP contribution is 2.21. The molecule has 1 heterocycles. The number of hydrogen-bond donors (Lipinski definition) is 3. The van der Waals surface area contributed by atoms with E-state index in [-0.39, 0.29) is 0 Å². The second-order valence-corrected chi connectivity index (χ2v) is 4.16. The Morgan fingerprint density at radius 1 is 1.35 bits per heavy atom. The third-order valence-electron chi connectivity index (χ3n) is 2.48.